The van der Waals surface area contributed by atoms with Crippen LogP contribution in [0.2, 0.25) is 0 Å². The Kier molecular flexibility index (Phi) is 6.43. The van der Waals surface area contributed by atoms with Gasteiger partial charge in [0.1, 0.15) is 0 Å². The van der Waals surface area contributed by atoms with Gasteiger partial charge < -0.3 is 15.2 Å². The first-order chi connectivity index (χ1) is 10.6. The van der Waals surface area contributed by atoms with Gasteiger partial charge in [0.05, 0.1) is 13.2 Å². The highest BCUT2D eigenvalue weighted by Gasteiger charge is 2.36. The lowest BCUT2D eigenvalue weighted by atomic mass is 9.67. The second kappa shape index (κ2) is 8.32. The molecule has 0 heterocycles. The molecule has 1 amide bonds. The normalized spacial score (nSPS) is 29.2. The topological polar surface area (TPSA) is 75.6 Å². The SMILES string of the molecule is C=CCOCC(NC(=O)C1CCC2CCCCC2C1)C(=O)O. The fourth-order valence-electron chi connectivity index (χ4n) is 3.84. The van der Waals surface area contributed by atoms with E-state index in [0.717, 1.165) is 25.2 Å². The monoisotopic (exact) mass is 309 g/mol. The second-order valence-corrected chi connectivity index (χ2v) is 6.54. The number of amides is 1. The van der Waals surface area contributed by atoms with E-state index in [1.165, 1.54) is 25.7 Å². The molecule has 0 saturated heterocycles. The number of aliphatic carboxylic acids is 1. The highest BCUT2D eigenvalue weighted by atomic mass is 16.5. The first-order valence-electron chi connectivity index (χ1n) is 8.33. The first-order valence-corrected chi connectivity index (χ1v) is 8.33. The minimum absolute atomic E-state index is 0.0220. The van der Waals surface area contributed by atoms with E-state index in [-0.39, 0.29) is 25.0 Å². The average Bonchev–Trinajstić information content (AvgIpc) is 2.53. The number of nitrogens with one attached hydrogen (secondary N) is 1. The van der Waals surface area contributed by atoms with Crippen LogP contribution in [0.5, 0.6) is 0 Å². The molecule has 0 spiro atoms. The van der Waals surface area contributed by atoms with Crippen LogP contribution < -0.4 is 5.32 Å². The Morgan fingerprint density at radius 1 is 1.23 bits per heavy atom. The van der Waals surface area contributed by atoms with Crippen LogP contribution in [0.4, 0.5) is 0 Å². The average molecular weight is 309 g/mol. The van der Waals surface area contributed by atoms with E-state index in [1.54, 1.807) is 6.08 Å². The Morgan fingerprint density at radius 2 is 1.95 bits per heavy atom. The highest BCUT2D eigenvalue weighted by molar-refractivity contribution is 5.85. The van der Waals surface area contributed by atoms with E-state index in [0.29, 0.717) is 5.92 Å². The predicted molar refractivity (Wildman–Crippen MR) is 83.4 cm³/mol. The smallest absolute Gasteiger partial charge is 0.328 e. The van der Waals surface area contributed by atoms with E-state index in [9.17, 15) is 14.7 Å². The van der Waals surface area contributed by atoms with Crippen molar-refractivity contribution in [3.8, 4) is 0 Å². The molecule has 0 bridgehead atoms. The van der Waals surface area contributed by atoms with Crippen molar-refractivity contribution in [2.24, 2.45) is 17.8 Å². The van der Waals surface area contributed by atoms with E-state index in [4.69, 9.17) is 4.74 Å². The van der Waals surface area contributed by atoms with Gasteiger partial charge in [-0.15, -0.1) is 6.58 Å². The number of hydrogen-bond donors (Lipinski definition) is 2. The Morgan fingerprint density at radius 3 is 2.64 bits per heavy atom. The third kappa shape index (κ3) is 4.57. The lowest BCUT2D eigenvalue weighted by Gasteiger charge is -2.39. The quantitative estimate of drug-likeness (QED) is 0.559. The predicted octanol–water partition coefficient (Wildman–Crippen LogP) is 2.36. The molecule has 2 N–H and O–H groups in total. The van der Waals surface area contributed by atoms with Crippen molar-refractivity contribution in [3.63, 3.8) is 0 Å². The first kappa shape index (κ1) is 17.0. The second-order valence-electron chi connectivity index (χ2n) is 6.54. The summed E-state index contributed by atoms with van der Waals surface area (Å²) in [5.74, 6) is 0.213. The van der Waals surface area contributed by atoms with Crippen LogP contribution in [0.15, 0.2) is 12.7 Å². The van der Waals surface area contributed by atoms with Crippen molar-refractivity contribution in [2.45, 2.75) is 51.0 Å². The molecule has 2 fully saturated rings. The molecule has 22 heavy (non-hydrogen) atoms. The van der Waals surface area contributed by atoms with Crippen LogP contribution in [-0.4, -0.2) is 36.2 Å². The van der Waals surface area contributed by atoms with Gasteiger partial charge in [0.25, 0.3) is 0 Å². The lowest BCUT2D eigenvalue weighted by Crippen LogP contribution is -2.47. The van der Waals surface area contributed by atoms with Gasteiger partial charge in [-0.1, -0.05) is 31.8 Å². The van der Waals surface area contributed by atoms with Gasteiger partial charge in [0.2, 0.25) is 5.91 Å². The molecule has 0 aliphatic heterocycles. The van der Waals surface area contributed by atoms with Crippen LogP contribution in [0, 0.1) is 17.8 Å². The van der Waals surface area contributed by atoms with Crippen LogP contribution >= 0.6 is 0 Å². The molecule has 0 aromatic rings. The molecule has 4 unspecified atom stereocenters. The van der Waals surface area contributed by atoms with E-state index in [2.05, 4.69) is 11.9 Å². The Hall–Kier alpha value is -1.36. The molecule has 5 nitrogen and oxygen atoms in total. The highest BCUT2D eigenvalue weighted by Crippen LogP contribution is 2.42. The number of hydrogen-bond acceptors (Lipinski definition) is 3. The number of rotatable bonds is 7. The molecule has 2 rings (SSSR count). The maximum atomic E-state index is 12.4. The fourth-order valence-corrected chi connectivity index (χ4v) is 3.84. The zero-order valence-electron chi connectivity index (χ0n) is 13.1. The number of carbonyl (C=O) groups is 2. The molecule has 0 radical (unpaired) electrons. The van der Waals surface area contributed by atoms with E-state index >= 15 is 0 Å². The van der Waals surface area contributed by atoms with Crippen LogP contribution in [-0.2, 0) is 14.3 Å². The summed E-state index contributed by atoms with van der Waals surface area (Å²) in [5.41, 5.74) is 0. The number of carboxylic acids is 1. The molecule has 2 aliphatic carbocycles. The number of carbonyl (C=O) groups excluding carboxylic acids is 1. The zero-order valence-corrected chi connectivity index (χ0v) is 13.1. The van der Waals surface area contributed by atoms with Crippen molar-refractivity contribution in [3.05, 3.63) is 12.7 Å². The van der Waals surface area contributed by atoms with Crippen molar-refractivity contribution >= 4 is 11.9 Å². The largest absolute Gasteiger partial charge is 0.480 e. The van der Waals surface area contributed by atoms with Gasteiger partial charge >= 0.3 is 5.97 Å². The standard InChI is InChI=1S/C17H27NO4/c1-2-9-22-11-15(17(20)21)18-16(19)14-8-7-12-5-3-4-6-13(12)10-14/h2,12-15H,1,3-11H2,(H,18,19)(H,20,21). The summed E-state index contributed by atoms with van der Waals surface area (Å²) < 4.78 is 5.17. The molecule has 2 aliphatic rings. The van der Waals surface area contributed by atoms with Gasteiger partial charge in [-0.3, -0.25) is 4.79 Å². The van der Waals surface area contributed by atoms with Crippen LogP contribution in [0.3, 0.4) is 0 Å². The van der Waals surface area contributed by atoms with E-state index in [1.807, 2.05) is 0 Å². The molecule has 2 saturated carbocycles. The Bertz CT molecular complexity index is 409. The van der Waals surface area contributed by atoms with Gasteiger partial charge in [-0.05, 0) is 31.1 Å². The van der Waals surface area contributed by atoms with Crippen molar-refractivity contribution in [1.82, 2.24) is 5.32 Å². The summed E-state index contributed by atoms with van der Waals surface area (Å²) in [5, 5.41) is 11.8. The maximum Gasteiger partial charge on any atom is 0.328 e. The van der Waals surface area contributed by atoms with Crippen LogP contribution in [0.1, 0.15) is 44.9 Å². The lowest BCUT2D eigenvalue weighted by molar-refractivity contribution is -0.144. The molecule has 0 aromatic carbocycles. The number of ether oxygens (including phenoxy) is 1. The van der Waals surface area contributed by atoms with Gasteiger partial charge in [-0.2, -0.15) is 0 Å². The van der Waals surface area contributed by atoms with Gasteiger partial charge in [0.15, 0.2) is 6.04 Å². The third-order valence-electron chi connectivity index (χ3n) is 5.05. The summed E-state index contributed by atoms with van der Waals surface area (Å²) in [6.07, 6.45) is 9.57. The number of fused-ring (bicyclic) bond motifs is 1. The summed E-state index contributed by atoms with van der Waals surface area (Å²) in [6, 6.07) is -0.975. The number of carboxylic acid groups (broad SMARTS) is 1. The Labute approximate surface area is 132 Å². The molecular formula is C17H27NO4. The minimum Gasteiger partial charge on any atom is -0.480 e. The van der Waals surface area contributed by atoms with Crippen LogP contribution in [0.25, 0.3) is 0 Å². The zero-order chi connectivity index (χ0) is 15.9. The van der Waals surface area contributed by atoms with Crippen molar-refractivity contribution in [2.75, 3.05) is 13.2 Å². The van der Waals surface area contributed by atoms with Crippen molar-refractivity contribution in [1.29, 1.82) is 0 Å². The minimum atomic E-state index is -1.05. The van der Waals surface area contributed by atoms with Gasteiger partial charge in [0, 0.05) is 5.92 Å². The molecule has 0 aromatic heterocycles. The summed E-state index contributed by atoms with van der Waals surface area (Å²) in [6.45, 7) is 3.78. The molecular weight excluding hydrogens is 282 g/mol. The van der Waals surface area contributed by atoms with Gasteiger partial charge in [-0.25, -0.2) is 4.79 Å². The summed E-state index contributed by atoms with van der Waals surface area (Å²) in [4.78, 5) is 23.6. The third-order valence-corrected chi connectivity index (χ3v) is 5.05. The summed E-state index contributed by atoms with van der Waals surface area (Å²) >= 11 is 0. The fraction of sp³-hybridized carbons (Fsp3) is 0.765. The van der Waals surface area contributed by atoms with E-state index < -0.39 is 12.0 Å². The summed E-state index contributed by atoms with van der Waals surface area (Å²) in [7, 11) is 0. The van der Waals surface area contributed by atoms with Crippen molar-refractivity contribution < 1.29 is 19.4 Å². The molecule has 5 heteroatoms. The maximum absolute atomic E-state index is 12.4. The Balaban J connectivity index is 1.84. The molecule has 4 atom stereocenters. The molecule has 124 valence electrons.